The van der Waals surface area contributed by atoms with Crippen molar-refractivity contribution >= 4 is 34.3 Å². The van der Waals surface area contributed by atoms with E-state index in [1.165, 1.54) is 32.4 Å². The number of carbonyl (C=O) groups is 2. The van der Waals surface area contributed by atoms with E-state index in [4.69, 9.17) is 11.6 Å². The normalized spacial score (nSPS) is 19.2. The van der Waals surface area contributed by atoms with E-state index < -0.39 is 0 Å². The highest BCUT2D eigenvalue weighted by atomic mass is 35.5. The zero-order valence-electron chi connectivity index (χ0n) is 19.0. The van der Waals surface area contributed by atoms with Gasteiger partial charge in [0.1, 0.15) is 5.69 Å². The van der Waals surface area contributed by atoms with Gasteiger partial charge >= 0.3 is 0 Å². The van der Waals surface area contributed by atoms with Gasteiger partial charge in [-0.1, -0.05) is 24.9 Å². The fourth-order valence-corrected chi connectivity index (χ4v) is 5.24. The van der Waals surface area contributed by atoms with Crippen LogP contribution in [-0.2, 0) is 4.79 Å². The minimum atomic E-state index is -0.0162. The number of likely N-dealkylation sites (tertiary alicyclic amines) is 2. The van der Waals surface area contributed by atoms with Gasteiger partial charge in [-0.25, -0.2) is 0 Å². The molecule has 2 fully saturated rings. The molecule has 0 spiro atoms. The minimum Gasteiger partial charge on any atom is -0.356 e. The number of piperidine rings is 2. The quantitative estimate of drug-likeness (QED) is 0.608. The SMILES string of the molecule is C[C@H](C(=O)NCCCN1CCCCC1)C1CCN(C(=O)c2cc3cc(Cl)ccc3[nH]2)CC1. The molecule has 2 saturated heterocycles. The van der Waals surface area contributed by atoms with Gasteiger partial charge in [0.25, 0.3) is 5.91 Å². The van der Waals surface area contributed by atoms with Gasteiger partial charge in [-0.05, 0) is 81.9 Å². The number of carbonyl (C=O) groups excluding carboxylic acids is 2. The molecule has 1 aromatic heterocycles. The van der Waals surface area contributed by atoms with Crippen molar-refractivity contribution in [2.75, 3.05) is 39.3 Å². The van der Waals surface area contributed by atoms with Crippen LogP contribution in [0.25, 0.3) is 10.9 Å². The largest absolute Gasteiger partial charge is 0.356 e. The maximum absolute atomic E-state index is 12.9. The molecule has 174 valence electrons. The van der Waals surface area contributed by atoms with Gasteiger partial charge in [0.05, 0.1) is 0 Å². The van der Waals surface area contributed by atoms with Gasteiger partial charge in [0.15, 0.2) is 0 Å². The van der Waals surface area contributed by atoms with Gasteiger partial charge in [0.2, 0.25) is 5.91 Å². The van der Waals surface area contributed by atoms with Crippen LogP contribution in [-0.4, -0.2) is 65.9 Å². The number of aromatic nitrogens is 1. The number of aromatic amines is 1. The topological polar surface area (TPSA) is 68.4 Å². The summed E-state index contributed by atoms with van der Waals surface area (Å²) in [5.74, 6) is 0.478. The van der Waals surface area contributed by atoms with Crippen LogP contribution < -0.4 is 5.32 Å². The first-order valence-electron chi connectivity index (χ1n) is 12.1. The van der Waals surface area contributed by atoms with E-state index >= 15 is 0 Å². The third-order valence-electron chi connectivity index (χ3n) is 7.16. The van der Waals surface area contributed by atoms with Crippen molar-refractivity contribution in [3.8, 4) is 0 Å². The number of halogens is 1. The average molecular weight is 459 g/mol. The van der Waals surface area contributed by atoms with Crippen LogP contribution in [0.4, 0.5) is 0 Å². The average Bonchev–Trinajstić information content (AvgIpc) is 3.24. The van der Waals surface area contributed by atoms with E-state index in [0.29, 0.717) is 29.7 Å². The van der Waals surface area contributed by atoms with Crippen LogP contribution in [0, 0.1) is 11.8 Å². The molecule has 7 heteroatoms. The molecule has 2 aliphatic rings. The van der Waals surface area contributed by atoms with Crippen LogP contribution in [0.2, 0.25) is 5.02 Å². The Morgan fingerprint density at radius 1 is 1.12 bits per heavy atom. The first kappa shape index (κ1) is 23.1. The number of nitrogens with one attached hydrogen (secondary N) is 2. The van der Waals surface area contributed by atoms with Gasteiger partial charge in [-0.15, -0.1) is 0 Å². The summed E-state index contributed by atoms with van der Waals surface area (Å²) >= 11 is 6.06. The Morgan fingerprint density at radius 3 is 2.62 bits per heavy atom. The Bertz CT molecular complexity index is 929. The van der Waals surface area contributed by atoms with E-state index in [1.807, 2.05) is 36.1 Å². The van der Waals surface area contributed by atoms with E-state index in [1.54, 1.807) is 0 Å². The number of H-pyrrole nitrogens is 1. The van der Waals surface area contributed by atoms with Crippen molar-refractivity contribution in [1.29, 1.82) is 0 Å². The zero-order chi connectivity index (χ0) is 22.5. The smallest absolute Gasteiger partial charge is 0.270 e. The fourth-order valence-electron chi connectivity index (χ4n) is 5.06. The van der Waals surface area contributed by atoms with Crippen molar-refractivity contribution in [2.45, 2.75) is 45.4 Å². The molecule has 2 amide bonds. The van der Waals surface area contributed by atoms with Gasteiger partial charge in [0, 0.05) is 41.5 Å². The highest BCUT2D eigenvalue weighted by Gasteiger charge is 2.30. The Kier molecular flexibility index (Phi) is 7.74. The molecular weight excluding hydrogens is 424 g/mol. The van der Waals surface area contributed by atoms with Crippen molar-refractivity contribution < 1.29 is 9.59 Å². The third-order valence-corrected chi connectivity index (χ3v) is 7.39. The number of nitrogens with zero attached hydrogens (tertiary/aromatic N) is 2. The zero-order valence-corrected chi connectivity index (χ0v) is 19.8. The predicted octanol–water partition coefficient (Wildman–Crippen LogP) is 4.30. The van der Waals surface area contributed by atoms with Gasteiger partial charge in [-0.2, -0.15) is 0 Å². The summed E-state index contributed by atoms with van der Waals surface area (Å²) in [7, 11) is 0. The summed E-state index contributed by atoms with van der Waals surface area (Å²) in [5.41, 5.74) is 1.51. The van der Waals surface area contributed by atoms with Crippen LogP contribution >= 0.6 is 11.6 Å². The second-order valence-electron chi connectivity index (χ2n) is 9.38. The molecule has 0 radical (unpaired) electrons. The number of rotatable bonds is 7. The maximum Gasteiger partial charge on any atom is 0.270 e. The van der Waals surface area contributed by atoms with Gasteiger partial charge in [-0.3, -0.25) is 9.59 Å². The monoisotopic (exact) mass is 458 g/mol. The van der Waals surface area contributed by atoms with Crippen molar-refractivity contribution in [3.05, 3.63) is 35.0 Å². The number of hydrogen-bond donors (Lipinski definition) is 2. The van der Waals surface area contributed by atoms with Crippen LogP contribution in [0.3, 0.4) is 0 Å². The third kappa shape index (κ3) is 5.65. The van der Waals surface area contributed by atoms with E-state index in [-0.39, 0.29) is 17.7 Å². The highest BCUT2D eigenvalue weighted by molar-refractivity contribution is 6.31. The maximum atomic E-state index is 12.9. The fraction of sp³-hybridized carbons (Fsp3) is 0.600. The summed E-state index contributed by atoms with van der Waals surface area (Å²) in [6, 6.07) is 7.45. The number of fused-ring (bicyclic) bond motifs is 1. The molecule has 2 aliphatic heterocycles. The lowest BCUT2D eigenvalue weighted by Gasteiger charge is -2.34. The predicted molar refractivity (Wildman–Crippen MR) is 129 cm³/mol. The summed E-state index contributed by atoms with van der Waals surface area (Å²) in [6.07, 6.45) is 6.70. The Balaban J connectivity index is 1.20. The molecule has 0 saturated carbocycles. The lowest BCUT2D eigenvalue weighted by atomic mass is 9.84. The lowest BCUT2D eigenvalue weighted by molar-refractivity contribution is -0.126. The lowest BCUT2D eigenvalue weighted by Crippen LogP contribution is -2.43. The highest BCUT2D eigenvalue weighted by Crippen LogP contribution is 2.27. The molecule has 2 N–H and O–H groups in total. The van der Waals surface area contributed by atoms with Gasteiger partial charge < -0.3 is 20.1 Å². The summed E-state index contributed by atoms with van der Waals surface area (Å²) < 4.78 is 0. The summed E-state index contributed by atoms with van der Waals surface area (Å²) in [5, 5.41) is 4.74. The first-order valence-corrected chi connectivity index (χ1v) is 12.5. The molecule has 1 atom stereocenters. The second-order valence-corrected chi connectivity index (χ2v) is 9.82. The van der Waals surface area contributed by atoms with Crippen LogP contribution in [0.15, 0.2) is 24.3 Å². The summed E-state index contributed by atoms with van der Waals surface area (Å²) in [6.45, 7) is 7.64. The molecule has 1 aromatic carbocycles. The molecule has 0 aliphatic carbocycles. The molecule has 32 heavy (non-hydrogen) atoms. The molecular formula is C25H35ClN4O2. The minimum absolute atomic E-state index is 0.0162. The second kappa shape index (κ2) is 10.7. The van der Waals surface area contributed by atoms with Crippen LogP contribution in [0.5, 0.6) is 0 Å². The first-order chi connectivity index (χ1) is 15.5. The number of benzene rings is 1. The Labute approximate surface area is 195 Å². The van der Waals surface area contributed by atoms with E-state index in [0.717, 1.165) is 43.3 Å². The van der Waals surface area contributed by atoms with Crippen molar-refractivity contribution in [3.63, 3.8) is 0 Å². The number of hydrogen-bond acceptors (Lipinski definition) is 3. The standard InChI is InChI=1S/C25H35ClN4O2/c1-18(24(31)27-10-5-13-29-11-3-2-4-12-29)19-8-14-30(15-9-19)25(32)23-17-20-16-21(26)6-7-22(20)28-23/h6-7,16-19,28H,2-5,8-15H2,1H3,(H,27,31)/t18-/m0/s1. The van der Waals surface area contributed by atoms with Crippen molar-refractivity contribution in [2.24, 2.45) is 11.8 Å². The molecule has 4 rings (SSSR count). The Hall–Kier alpha value is -2.05. The number of amides is 2. The van der Waals surface area contributed by atoms with Crippen molar-refractivity contribution in [1.82, 2.24) is 20.1 Å². The Morgan fingerprint density at radius 2 is 1.88 bits per heavy atom. The molecule has 3 heterocycles. The summed E-state index contributed by atoms with van der Waals surface area (Å²) in [4.78, 5) is 33.2. The molecule has 0 bridgehead atoms. The molecule has 6 nitrogen and oxygen atoms in total. The molecule has 2 aromatic rings. The van der Waals surface area contributed by atoms with Crippen LogP contribution in [0.1, 0.15) is 55.9 Å². The van der Waals surface area contributed by atoms with E-state index in [9.17, 15) is 9.59 Å². The molecule has 0 unspecified atom stereocenters. The van der Waals surface area contributed by atoms with E-state index in [2.05, 4.69) is 15.2 Å².